The van der Waals surface area contributed by atoms with Crippen molar-refractivity contribution in [1.82, 2.24) is 4.72 Å². The van der Waals surface area contributed by atoms with Crippen LogP contribution in [0.15, 0.2) is 15.4 Å². The SMILES string of the molecule is Nc1c(F)c(S(=O)(=O)NCCO)cc(Cl)c1Br. The normalized spacial score (nSPS) is 11.8. The average molecular weight is 348 g/mol. The highest BCUT2D eigenvalue weighted by Crippen LogP contribution is 2.34. The van der Waals surface area contributed by atoms with Crippen molar-refractivity contribution in [3.05, 3.63) is 21.4 Å². The number of halogens is 3. The van der Waals surface area contributed by atoms with E-state index in [1.807, 2.05) is 4.72 Å². The molecule has 0 saturated carbocycles. The van der Waals surface area contributed by atoms with Crippen LogP contribution in [0, 0.1) is 5.82 Å². The van der Waals surface area contributed by atoms with E-state index >= 15 is 0 Å². The molecule has 0 aliphatic carbocycles. The Bertz CT molecular complexity index is 538. The number of nitrogen functional groups attached to an aromatic ring is 1. The van der Waals surface area contributed by atoms with Gasteiger partial charge in [0.15, 0.2) is 5.82 Å². The highest BCUT2D eigenvalue weighted by atomic mass is 79.9. The summed E-state index contributed by atoms with van der Waals surface area (Å²) >= 11 is 8.63. The van der Waals surface area contributed by atoms with Crippen LogP contribution in [-0.2, 0) is 10.0 Å². The van der Waals surface area contributed by atoms with Crippen LogP contribution >= 0.6 is 27.5 Å². The number of rotatable bonds is 4. The summed E-state index contributed by atoms with van der Waals surface area (Å²) in [4.78, 5) is -0.656. The molecule has 1 aromatic carbocycles. The Morgan fingerprint density at radius 3 is 2.71 bits per heavy atom. The average Bonchev–Trinajstić information content (AvgIpc) is 2.28. The number of nitrogens with two attached hydrogens (primary N) is 1. The first-order valence-corrected chi connectivity index (χ1v) is 7.00. The van der Waals surface area contributed by atoms with Crippen LogP contribution in [-0.4, -0.2) is 26.7 Å². The first kappa shape index (κ1) is 14.7. The first-order valence-electron chi connectivity index (χ1n) is 4.34. The molecule has 0 amide bonds. The number of sulfonamides is 1. The van der Waals surface area contributed by atoms with Crippen molar-refractivity contribution in [3.63, 3.8) is 0 Å². The predicted molar refractivity (Wildman–Crippen MR) is 65.8 cm³/mol. The molecule has 0 unspecified atom stereocenters. The Kier molecular flexibility index (Phi) is 4.73. The Labute approximate surface area is 111 Å². The van der Waals surface area contributed by atoms with Crippen molar-refractivity contribution >= 4 is 43.2 Å². The van der Waals surface area contributed by atoms with E-state index in [0.717, 1.165) is 6.07 Å². The van der Waals surface area contributed by atoms with Gasteiger partial charge in [0.05, 0.1) is 21.8 Å². The van der Waals surface area contributed by atoms with Crippen molar-refractivity contribution in [1.29, 1.82) is 0 Å². The van der Waals surface area contributed by atoms with Gasteiger partial charge in [-0.3, -0.25) is 0 Å². The second-order valence-electron chi connectivity index (χ2n) is 3.02. The molecule has 1 rings (SSSR count). The summed E-state index contributed by atoms with van der Waals surface area (Å²) in [5.41, 5.74) is 4.97. The van der Waals surface area contributed by atoms with Crippen molar-refractivity contribution < 1.29 is 17.9 Å². The lowest BCUT2D eigenvalue weighted by atomic mass is 10.3. The summed E-state index contributed by atoms with van der Waals surface area (Å²) in [6.07, 6.45) is 0. The molecule has 0 fully saturated rings. The minimum absolute atomic E-state index is 0.0201. The number of nitrogens with one attached hydrogen (secondary N) is 1. The fraction of sp³-hybridized carbons (Fsp3) is 0.250. The zero-order valence-corrected chi connectivity index (χ0v) is 11.5. The summed E-state index contributed by atoms with van der Waals surface area (Å²) in [7, 11) is -4.09. The fourth-order valence-corrected chi connectivity index (χ4v) is 2.75. The number of hydrogen-bond acceptors (Lipinski definition) is 4. The lowest BCUT2D eigenvalue weighted by molar-refractivity contribution is 0.301. The van der Waals surface area contributed by atoms with E-state index in [2.05, 4.69) is 15.9 Å². The van der Waals surface area contributed by atoms with E-state index in [-0.39, 0.29) is 21.7 Å². The van der Waals surface area contributed by atoms with Crippen LogP contribution in [0.2, 0.25) is 5.02 Å². The van der Waals surface area contributed by atoms with Crippen LogP contribution in [0.3, 0.4) is 0 Å². The van der Waals surface area contributed by atoms with Gasteiger partial charge in [-0.2, -0.15) is 0 Å². The Balaban J connectivity index is 3.33. The summed E-state index contributed by atoms with van der Waals surface area (Å²) in [5.74, 6) is -1.09. The molecule has 0 atom stereocenters. The maximum absolute atomic E-state index is 13.7. The standard InChI is InChI=1S/C8H9BrClFN2O3S/c9-6-4(10)3-5(7(11)8(6)12)17(15,16)13-1-2-14/h3,13-14H,1-2,12H2. The molecule has 0 spiro atoms. The van der Waals surface area contributed by atoms with Gasteiger partial charge in [0.1, 0.15) is 4.90 Å². The molecule has 1 aromatic rings. The Morgan fingerprint density at radius 1 is 1.59 bits per heavy atom. The number of hydrogen-bond donors (Lipinski definition) is 3. The van der Waals surface area contributed by atoms with Gasteiger partial charge in [0.25, 0.3) is 0 Å². The summed E-state index contributed by atoms with van der Waals surface area (Å²) in [6.45, 7) is -0.629. The third kappa shape index (κ3) is 3.08. The Morgan fingerprint density at radius 2 is 2.18 bits per heavy atom. The van der Waals surface area contributed by atoms with Gasteiger partial charge in [0.2, 0.25) is 10.0 Å². The van der Waals surface area contributed by atoms with E-state index in [1.54, 1.807) is 0 Å². The zero-order chi connectivity index (χ0) is 13.2. The largest absolute Gasteiger partial charge is 0.395 e. The van der Waals surface area contributed by atoms with Gasteiger partial charge >= 0.3 is 0 Å². The minimum atomic E-state index is -4.09. The van der Waals surface area contributed by atoms with Crippen LogP contribution in [0.25, 0.3) is 0 Å². The molecule has 0 bridgehead atoms. The van der Waals surface area contributed by atoms with Crippen LogP contribution in [0.1, 0.15) is 0 Å². The molecule has 0 aliphatic rings. The van der Waals surface area contributed by atoms with Crippen LogP contribution < -0.4 is 10.5 Å². The van der Waals surface area contributed by atoms with E-state index in [4.69, 9.17) is 22.4 Å². The first-order chi connectivity index (χ1) is 7.81. The number of aliphatic hydroxyl groups excluding tert-OH is 1. The topological polar surface area (TPSA) is 92.4 Å². The lowest BCUT2D eigenvalue weighted by Gasteiger charge is -2.10. The summed E-state index contributed by atoms with van der Waals surface area (Å²) in [5, 5.41) is 8.50. The molecule has 9 heteroatoms. The number of benzene rings is 1. The Hall–Kier alpha value is -0.410. The molecule has 96 valence electrons. The van der Waals surface area contributed by atoms with E-state index in [9.17, 15) is 12.8 Å². The van der Waals surface area contributed by atoms with Crippen molar-refractivity contribution in [2.75, 3.05) is 18.9 Å². The second kappa shape index (κ2) is 5.49. The predicted octanol–water partition coefficient (Wildman–Crippen LogP) is 1.09. The van der Waals surface area contributed by atoms with E-state index in [1.165, 1.54) is 0 Å². The number of anilines is 1. The van der Waals surface area contributed by atoms with Gasteiger partial charge in [-0.05, 0) is 22.0 Å². The molecule has 0 aliphatic heterocycles. The number of aliphatic hydroxyl groups is 1. The second-order valence-corrected chi connectivity index (χ2v) is 5.96. The van der Waals surface area contributed by atoms with Crippen LogP contribution in [0.5, 0.6) is 0 Å². The molecule has 0 heterocycles. The van der Waals surface area contributed by atoms with Gasteiger partial charge < -0.3 is 10.8 Å². The summed E-state index contributed by atoms with van der Waals surface area (Å²) < 4.78 is 39.0. The zero-order valence-electron chi connectivity index (χ0n) is 8.37. The van der Waals surface area contributed by atoms with E-state index < -0.39 is 27.3 Å². The molecular weight excluding hydrogens is 339 g/mol. The monoisotopic (exact) mass is 346 g/mol. The molecule has 4 N–H and O–H groups in total. The van der Waals surface area contributed by atoms with Gasteiger partial charge in [-0.25, -0.2) is 17.5 Å². The van der Waals surface area contributed by atoms with E-state index in [0.29, 0.717) is 0 Å². The summed E-state index contributed by atoms with van der Waals surface area (Å²) in [6, 6.07) is 0.942. The quantitative estimate of drug-likeness (QED) is 0.561. The highest BCUT2D eigenvalue weighted by Gasteiger charge is 2.23. The van der Waals surface area contributed by atoms with Crippen molar-refractivity contribution in [2.24, 2.45) is 0 Å². The molecule has 0 radical (unpaired) electrons. The maximum Gasteiger partial charge on any atom is 0.243 e. The van der Waals surface area contributed by atoms with Gasteiger partial charge in [-0.15, -0.1) is 0 Å². The lowest BCUT2D eigenvalue weighted by Crippen LogP contribution is -2.27. The molecule has 0 aromatic heterocycles. The third-order valence-electron chi connectivity index (χ3n) is 1.85. The van der Waals surface area contributed by atoms with Crippen molar-refractivity contribution in [3.8, 4) is 0 Å². The third-order valence-corrected chi connectivity index (χ3v) is 4.69. The highest BCUT2D eigenvalue weighted by molar-refractivity contribution is 9.10. The maximum atomic E-state index is 13.7. The molecular formula is C8H9BrClFN2O3S. The van der Waals surface area contributed by atoms with Gasteiger partial charge in [-0.1, -0.05) is 11.6 Å². The molecule has 0 saturated heterocycles. The minimum Gasteiger partial charge on any atom is -0.395 e. The molecule has 5 nitrogen and oxygen atoms in total. The van der Waals surface area contributed by atoms with Crippen LogP contribution in [0.4, 0.5) is 10.1 Å². The van der Waals surface area contributed by atoms with Crippen molar-refractivity contribution in [2.45, 2.75) is 4.90 Å². The molecule has 17 heavy (non-hydrogen) atoms. The smallest absolute Gasteiger partial charge is 0.243 e. The van der Waals surface area contributed by atoms with Gasteiger partial charge in [0, 0.05) is 6.54 Å². The fourth-order valence-electron chi connectivity index (χ4n) is 1.05.